The summed E-state index contributed by atoms with van der Waals surface area (Å²) in [4.78, 5) is 4.47. The van der Waals surface area contributed by atoms with E-state index in [1.165, 1.54) is 0 Å². The molecule has 74 valence electrons. The first kappa shape index (κ1) is 10.7. The first-order valence-corrected chi connectivity index (χ1v) is 6.53. The van der Waals surface area contributed by atoms with Crippen LogP contribution >= 0.6 is 50.5 Å². The Morgan fingerprint density at radius 2 is 2.21 bits per heavy atom. The van der Waals surface area contributed by atoms with Crippen molar-refractivity contribution in [3.8, 4) is 0 Å². The van der Waals surface area contributed by atoms with Crippen LogP contribution in [0.1, 0.15) is 5.01 Å². The molecule has 1 aromatic carbocycles. The fourth-order valence-corrected chi connectivity index (χ4v) is 3.61. The molecule has 0 N–H and O–H groups in total. The van der Waals surface area contributed by atoms with E-state index in [1.54, 1.807) is 11.3 Å². The van der Waals surface area contributed by atoms with Crippen molar-refractivity contribution in [1.82, 2.24) is 4.98 Å². The van der Waals surface area contributed by atoms with Crippen molar-refractivity contribution in [1.29, 1.82) is 0 Å². The molecule has 1 nitrogen and oxygen atoms in total. The Labute approximate surface area is 104 Å². The lowest BCUT2D eigenvalue weighted by atomic mass is 10.3. The van der Waals surface area contributed by atoms with Crippen molar-refractivity contribution in [3.63, 3.8) is 0 Å². The number of halogens is 3. The van der Waals surface area contributed by atoms with E-state index in [-0.39, 0.29) is 0 Å². The van der Waals surface area contributed by atoms with Crippen LogP contribution in [0, 0.1) is 0 Å². The summed E-state index contributed by atoms with van der Waals surface area (Å²) >= 11 is 16.7. The molecule has 5 heteroatoms. The molecule has 0 aliphatic carbocycles. The highest BCUT2D eigenvalue weighted by molar-refractivity contribution is 9.10. The molecule has 0 bridgehead atoms. The Morgan fingerprint density at radius 1 is 1.43 bits per heavy atom. The lowest BCUT2D eigenvalue weighted by Crippen LogP contribution is -1.82. The third kappa shape index (κ3) is 2.06. The van der Waals surface area contributed by atoms with E-state index in [0.29, 0.717) is 5.88 Å². The Bertz CT molecular complexity index is 469. The Hall–Kier alpha value is 0.170. The molecule has 0 unspecified atom stereocenters. The second kappa shape index (κ2) is 4.35. The largest absolute Gasteiger partial charge is 0.240 e. The van der Waals surface area contributed by atoms with Gasteiger partial charge in [-0.25, -0.2) is 4.98 Å². The van der Waals surface area contributed by atoms with E-state index in [2.05, 4.69) is 20.9 Å². The van der Waals surface area contributed by atoms with Gasteiger partial charge in [0.05, 0.1) is 15.2 Å². The number of aryl methyl sites for hydroxylation is 1. The van der Waals surface area contributed by atoms with Crippen LogP contribution in [0.4, 0.5) is 0 Å². The average Bonchev–Trinajstić information content (AvgIpc) is 2.48. The van der Waals surface area contributed by atoms with Crippen molar-refractivity contribution in [3.05, 3.63) is 26.6 Å². The topological polar surface area (TPSA) is 12.9 Å². The van der Waals surface area contributed by atoms with Gasteiger partial charge in [-0.15, -0.1) is 22.9 Å². The maximum absolute atomic E-state index is 5.93. The number of benzene rings is 1. The van der Waals surface area contributed by atoms with E-state index in [0.717, 1.165) is 31.1 Å². The summed E-state index contributed by atoms with van der Waals surface area (Å²) in [6.07, 6.45) is 0.810. The molecule has 2 aromatic rings. The molecule has 0 atom stereocenters. The van der Waals surface area contributed by atoms with Gasteiger partial charge in [-0.1, -0.05) is 11.6 Å². The van der Waals surface area contributed by atoms with Crippen LogP contribution in [0.3, 0.4) is 0 Å². The zero-order valence-electron chi connectivity index (χ0n) is 7.06. The fraction of sp³-hybridized carbons (Fsp3) is 0.222. The van der Waals surface area contributed by atoms with Crippen LogP contribution in [0.15, 0.2) is 16.6 Å². The molecular formula is C9H6BrCl2NS. The molecule has 2 rings (SSSR count). The molecule has 0 aliphatic heterocycles. The molecule has 0 amide bonds. The summed E-state index contributed by atoms with van der Waals surface area (Å²) in [5.74, 6) is 0.602. The highest BCUT2D eigenvalue weighted by atomic mass is 79.9. The van der Waals surface area contributed by atoms with E-state index in [9.17, 15) is 0 Å². The summed E-state index contributed by atoms with van der Waals surface area (Å²) in [6, 6.07) is 3.78. The Balaban J connectivity index is 2.58. The van der Waals surface area contributed by atoms with E-state index in [4.69, 9.17) is 23.2 Å². The maximum Gasteiger partial charge on any atom is 0.0958 e. The first-order valence-electron chi connectivity index (χ1n) is 4.01. The molecule has 0 saturated carbocycles. The lowest BCUT2D eigenvalue weighted by molar-refractivity contribution is 1.12. The number of hydrogen-bond acceptors (Lipinski definition) is 2. The van der Waals surface area contributed by atoms with Gasteiger partial charge in [0.25, 0.3) is 0 Å². The van der Waals surface area contributed by atoms with E-state index < -0.39 is 0 Å². The molecule has 0 fully saturated rings. The number of alkyl halides is 1. The molecular weight excluding hydrogens is 305 g/mol. The Kier molecular flexibility index (Phi) is 3.32. The number of nitrogens with zero attached hydrogens (tertiary/aromatic N) is 1. The summed E-state index contributed by atoms with van der Waals surface area (Å²) in [7, 11) is 0. The van der Waals surface area contributed by atoms with Crippen molar-refractivity contribution in [2.75, 3.05) is 5.88 Å². The summed E-state index contributed by atoms with van der Waals surface area (Å²) in [5.41, 5.74) is 0.972. The van der Waals surface area contributed by atoms with Crippen LogP contribution in [0.2, 0.25) is 5.02 Å². The molecule has 0 spiro atoms. The highest BCUT2D eigenvalue weighted by Crippen LogP contribution is 2.31. The molecule has 1 heterocycles. The normalized spacial score (nSPS) is 11.1. The van der Waals surface area contributed by atoms with Crippen LogP contribution in [-0.2, 0) is 6.42 Å². The summed E-state index contributed by atoms with van der Waals surface area (Å²) in [5, 5.41) is 1.78. The predicted octanol–water partition coefficient (Wildman–Crippen LogP) is 4.49. The average molecular weight is 311 g/mol. The Morgan fingerprint density at radius 3 is 2.93 bits per heavy atom. The predicted molar refractivity (Wildman–Crippen MR) is 66.8 cm³/mol. The monoisotopic (exact) mass is 309 g/mol. The summed E-state index contributed by atoms with van der Waals surface area (Å²) < 4.78 is 2.04. The molecule has 1 aromatic heterocycles. The standard InChI is InChI=1S/C9H6BrCl2NS/c10-6-3-5(12)4-7-9(6)13-8(14-7)1-2-11/h3-4H,1-2H2. The smallest absolute Gasteiger partial charge is 0.0958 e. The second-order valence-corrected chi connectivity index (χ2v) is 5.56. The number of rotatable bonds is 2. The second-order valence-electron chi connectivity index (χ2n) is 2.78. The van der Waals surface area contributed by atoms with Gasteiger partial charge in [0.2, 0.25) is 0 Å². The van der Waals surface area contributed by atoms with E-state index in [1.807, 2.05) is 12.1 Å². The highest BCUT2D eigenvalue weighted by Gasteiger charge is 2.07. The number of fused-ring (bicyclic) bond motifs is 1. The number of hydrogen-bond donors (Lipinski definition) is 0. The van der Waals surface area contributed by atoms with Gasteiger partial charge in [-0.2, -0.15) is 0 Å². The van der Waals surface area contributed by atoms with Crippen molar-refractivity contribution < 1.29 is 0 Å². The molecule has 14 heavy (non-hydrogen) atoms. The van der Waals surface area contributed by atoms with Gasteiger partial charge in [0, 0.05) is 21.8 Å². The van der Waals surface area contributed by atoms with Gasteiger partial charge < -0.3 is 0 Å². The minimum absolute atomic E-state index is 0.602. The third-order valence-electron chi connectivity index (χ3n) is 1.77. The van der Waals surface area contributed by atoms with Crippen LogP contribution in [-0.4, -0.2) is 10.9 Å². The third-order valence-corrected chi connectivity index (χ3v) is 3.84. The molecule has 0 aliphatic rings. The van der Waals surface area contributed by atoms with Gasteiger partial charge in [-0.3, -0.25) is 0 Å². The quantitative estimate of drug-likeness (QED) is 0.745. The zero-order valence-corrected chi connectivity index (χ0v) is 11.0. The molecule has 0 radical (unpaired) electrons. The minimum Gasteiger partial charge on any atom is -0.240 e. The van der Waals surface area contributed by atoms with Crippen molar-refractivity contribution in [2.45, 2.75) is 6.42 Å². The van der Waals surface area contributed by atoms with Gasteiger partial charge in [0.15, 0.2) is 0 Å². The van der Waals surface area contributed by atoms with Crippen LogP contribution < -0.4 is 0 Å². The molecule has 0 saturated heterocycles. The van der Waals surface area contributed by atoms with Gasteiger partial charge in [-0.05, 0) is 28.1 Å². The van der Waals surface area contributed by atoms with Crippen LogP contribution in [0.5, 0.6) is 0 Å². The van der Waals surface area contributed by atoms with Crippen molar-refractivity contribution >= 4 is 60.7 Å². The lowest BCUT2D eigenvalue weighted by Gasteiger charge is -1.92. The maximum atomic E-state index is 5.93. The van der Waals surface area contributed by atoms with Crippen LogP contribution in [0.25, 0.3) is 10.2 Å². The van der Waals surface area contributed by atoms with Gasteiger partial charge >= 0.3 is 0 Å². The first-order chi connectivity index (χ1) is 6.70. The van der Waals surface area contributed by atoms with Gasteiger partial charge in [0.1, 0.15) is 0 Å². The minimum atomic E-state index is 0.602. The fourth-order valence-electron chi connectivity index (χ4n) is 1.19. The zero-order chi connectivity index (χ0) is 10.1. The SMILES string of the molecule is ClCCc1nc2c(Br)cc(Cl)cc2s1. The van der Waals surface area contributed by atoms with E-state index >= 15 is 0 Å². The number of aromatic nitrogens is 1. The summed E-state index contributed by atoms with van der Waals surface area (Å²) in [6.45, 7) is 0. The number of thiazole rings is 1. The van der Waals surface area contributed by atoms with Crippen molar-refractivity contribution in [2.24, 2.45) is 0 Å².